The predicted molar refractivity (Wildman–Crippen MR) is 101 cm³/mol. The molecule has 0 aliphatic heterocycles. The largest absolute Gasteiger partial charge is 0.424 e. The molecule has 6 heteroatoms. The van der Waals surface area contributed by atoms with E-state index in [9.17, 15) is 0 Å². The normalized spacial score (nSPS) is 9.00. The number of aromatic nitrogens is 3. The zero-order valence-electron chi connectivity index (χ0n) is 14.8. The van der Waals surface area contributed by atoms with Crippen molar-refractivity contribution in [2.45, 2.75) is 27.7 Å². The molecule has 3 aromatic rings. The van der Waals surface area contributed by atoms with Gasteiger partial charge in [0.25, 0.3) is 0 Å². The zero-order chi connectivity index (χ0) is 18.5. The lowest BCUT2D eigenvalue weighted by molar-refractivity contribution is 0.397. The van der Waals surface area contributed by atoms with Gasteiger partial charge in [-0.2, -0.15) is 9.97 Å². The van der Waals surface area contributed by atoms with Crippen LogP contribution in [0, 0.1) is 0 Å². The van der Waals surface area contributed by atoms with Crippen LogP contribution in [0.2, 0.25) is 5.28 Å². The van der Waals surface area contributed by atoms with Gasteiger partial charge >= 0.3 is 12.0 Å². The van der Waals surface area contributed by atoms with E-state index in [0.29, 0.717) is 11.5 Å². The molecule has 0 fully saturated rings. The fraction of sp³-hybridized carbons (Fsp3) is 0.211. The number of benzene rings is 2. The molecule has 25 heavy (non-hydrogen) atoms. The third-order valence-electron chi connectivity index (χ3n) is 2.47. The third kappa shape index (κ3) is 7.18. The van der Waals surface area contributed by atoms with Gasteiger partial charge in [-0.1, -0.05) is 64.1 Å². The maximum absolute atomic E-state index is 5.86. The summed E-state index contributed by atoms with van der Waals surface area (Å²) in [4.78, 5) is 11.9. The van der Waals surface area contributed by atoms with Gasteiger partial charge in [-0.15, -0.1) is 4.98 Å². The first-order valence-corrected chi connectivity index (χ1v) is 8.55. The van der Waals surface area contributed by atoms with Gasteiger partial charge in [0, 0.05) is 0 Å². The van der Waals surface area contributed by atoms with E-state index < -0.39 is 0 Å². The monoisotopic (exact) mass is 359 g/mol. The first-order valence-electron chi connectivity index (χ1n) is 8.17. The van der Waals surface area contributed by atoms with Gasteiger partial charge in [-0.25, -0.2) is 0 Å². The van der Waals surface area contributed by atoms with Crippen molar-refractivity contribution in [3.63, 3.8) is 0 Å². The van der Waals surface area contributed by atoms with Crippen molar-refractivity contribution in [3.8, 4) is 23.5 Å². The van der Waals surface area contributed by atoms with E-state index in [4.69, 9.17) is 21.1 Å². The lowest BCUT2D eigenvalue weighted by atomic mass is 10.3. The highest BCUT2D eigenvalue weighted by Gasteiger charge is 2.09. The Morgan fingerprint density at radius 2 is 0.960 bits per heavy atom. The van der Waals surface area contributed by atoms with Gasteiger partial charge < -0.3 is 9.47 Å². The van der Waals surface area contributed by atoms with Crippen molar-refractivity contribution in [1.29, 1.82) is 0 Å². The summed E-state index contributed by atoms with van der Waals surface area (Å²) in [6, 6.07) is 18.5. The standard InChI is InChI=1S/C15H10ClN3O2.2C2H6/c16-13-17-14(20-11-7-3-1-4-8-11)19-15(18-13)21-12-9-5-2-6-10-12;2*1-2/h1-10H;2*1-2H3. The molecule has 0 amide bonds. The van der Waals surface area contributed by atoms with Crippen molar-refractivity contribution in [2.24, 2.45) is 0 Å². The molecular formula is C19H22ClN3O2. The molecule has 0 aliphatic rings. The Bertz CT molecular complexity index is 665. The van der Waals surface area contributed by atoms with E-state index in [-0.39, 0.29) is 17.3 Å². The minimum absolute atomic E-state index is 0.00172. The Morgan fingerprint density at radius 1 is 0.600 bits per heavy atom. The van der Waals surface area contributed by atoms with Crippen LogP contribution < -0.4 is 9.47 Å². The average molecular weight is 360 g/mol. The average Bonchev–Trinajstić information content (AvgIpc) is 2.66. The molecular weight excluding hydrogens is 338 g/mol. The summed E-state index contributed by atoms with van der Waals surface area (Å²) >= 11 is 5.86. The number of ether oxygens (including phenoxy) is 2. The lowest BCUT2D eigenvalue weighted by Gasteiger charge is -2.06. The van der Waals surface area contributed by atoms with Crippen molar-refractivity contribution in [3.05, 3.63) is 65.9 Å². The van der Waals surface area contributed by atoms with E-state index in [1.165, 1.54) is 0 Å². The maximum Gasteiger partial charge on any atom is 0.329 e. The fourth-order valence-electron chi connectivity index (χ4n) is 1.59. The van der Waals surface area contributed by atoms with Gasteiger partial charge in [-0.3, -0.25) is 0 Å². The van der Waals surface area contributed by atoms with Crippen LogP contribution >= 0.6 is 11.6 Å². The second kappa shape index (κ2) is 11.8. The van der Waals surface area contributed by atoms with Crippen molar-refractivity contribution in [2.75, 3.05) is 0 Å². The molecule has 0 radical (unpaired) electrons. The number of hydrogen-bond acceptors (Lipinski definition) is 5. The topological polar surface area (TPSA) is 57.1 Å². The molecule has 0 atom stereocenters. The molecule has 0 aliphatic carbocycles. The summed E-state index contributed by atoms with van der Waals surface area (Å²) < 4.78 is 11.0. The second-order valence-electron chi connectivity index (χ2n) is 4.00. The first kappa shape index (κ1) is 20.4. The highest BCUT2D eigenvalue weighted by atomic mass is 35.5. The summed E-state index contributed by atoms with van der Waals surface area (Å²) in [5, 5.41) is 0.00172. The number of para-hydroxylation sites is 2. The summed E-state index contributed by atoms with van der Waals surface area (Å²) in [5.74, 6) is 1.20. The van der Waals surface area contributed by atoms with Crippen LogP contribution in [0.1, 0.15) is 27.7 Å². The summed E-state index contributed by atoms with van der Waals surface area (Å²) in [6.07, 6.45) is 0. The Kier molecular flexibility index (Phi) is 9.63. The smallest absolute Gasteiger partial charge is 0.329 e. The highest BCUT2D eigenvalue weighted by molar-refractivity contribution is 6.28. The van der Waals surface area contributed by atoms with Crippen LogP contribution in [-0.4, -0.2) is 15.0 Å². The molecule has 132 valence electrons. The van der Waals surface area contributed by atoms with Gasteiger partial charge in [-0.05, 0) is 35.9 Å². The Hall–Kier alpha value is -2.66. The van der Waals surface area contributed by atoms with E-state index in [2.05, 4.69) is 15.0 Å². The van der Waals surface area contributed by atoms with Crippen LogP contribution in [0.3, 0.4) is 0 Å². The van der Waals surface area contributed by atoms with Crippen LogP contribution in [-0.2, 0) is 0 Å². The third-order valence-corrected chi connectivity index (χ3v) is 2.64. The fourth-order valence-corrected chi connectivity index (χ4v) is 1.74. The number of nitrogens with zero attached hydrogens (tertiary/aromatic N) is 3. The minimum Gasteiger partial charge on any atom is -0.424 e. The molecule has 0 N–H and O–H groups in total. The molecule has 2 aromatic carbocycles. The molecule has 3 rings (SSSR count). The summed E-state index contributed by atoms with van der Waals surface area (Å²) in [6.45, 7) is 8.00. The molecule has 0 saturated carbocycles. The Balaban J connectivity index is 0.000000730. The quantitative estimate of drug-likeness (QED) is 0.558. The zero-order valence-corrected chi connectivity index (χ0v) is 15.6. The van der Waals surface area contributed by atoms with Crippen LogP contribution in [0.5, 0.6) is 23.5 Å². The van der Waals surface area contributed by atoms with Crippen LogP contribution in [0.25, 0.3) is 0 Å². The van der Waals surface area contributed by atoms with E-state index in [0.717, 1.165) is 0 Å². The SMILES string of the molecule is CC.CC.Clc1nc(Oc2ccccc2)nc(Oc2ccccc2)n1. The molecule has 1 heterocycles. The van der Waals surface area contributed by atoms with Gasteiger partial charge in [0.15, 0.2) is 0 Å². The van der Waals surface area contributed by atoms with Crippen molar-refractivity contribution < 1.29 is 9.47 Å². The summed E-state index contributed by atoms with van der Waals surface area (Å²) in [7, 11) is 0. The molecule has 1 aromatic heterocycles. The van der Waals surface area contributed by atoms with Gasteiger partial charge in [0.1, 0.15) is 11.5 Å². The van der Waals surface area contributed by atoms with Crippen molar-refractivity contribution >= 4 is 11.6 Å². The Morgan fingerprint density at radius 3 is 1.32 bits per heavy atom. The highest BCUT2D eigenvalue weighted by Crippen LogP contribution is 2.23. The van der Waals surface area contributed by atoms with Crippen molar-refractivity contribution in [1.82, 2.24) is 15.0 Å². The number of hydrogen-bond donors (Lipinski definition) is 0. The molecule has 5 nitrogen and oxygen atoms in total. The number of rotatable bonds is 4. The lowest BCUT2D eigenvalue weighted by Crippen LogP contribution is -1.98. The van der Waals surface area contributed by atoms with E-state index in [1.807, 2.05) is 64.1 Å². The molecule has 0 unspecified atom stereocenters. The van der Waals surface area contributed by atoms with Gasteiger partial charge in [0.2, 0.25) is 5.28 Å². The Labute approximate surface area is 153 Å². The van der Waals surface area contributed by atoms with E-state index >= 15 is 0 Å². The van der Waals surface area contributed by atoms with Crippen LogP contribution in [0.4, 0.5) is 0 Å². The molecule has 0 bridgehead atoms. The maximum atomic E-state index is 5.86. The number of halogens is 1. The van der Waals surface area contributed by atoms with Crippen LogP contribution in [0.15, 0.2) is 60.7 Å². The molecule has 0 spiro atoms. The minimum atomic E-state index is 0.00172. The van der Waals surface area contributed by atoms with E-state index in [1.54, 1.807) is 24.3 Å². The molecule has 0 saturated heterocycles. The summed E-state index contributed by atoms with van der Waals surface area (Å²) in [5.41, 5.74) is 0. The second-order valence-corrected chi connectivity index (χ2v) is 4.34. The van der Waals surface area contributed by atoms with Gasteiger partial charge in [0.05, 0.1) is 0 Å². The first-order chi connectivity index (χ1) is 12.3. The predicted octanol–water partition coefficient (Wildman–Crippen LogP) is 6.16.